The second-order valence-corrected chi connectivity index (χ2v) is 9.15. The first kappa shape index (κ1) is 17.0. The molecule has 0 bridgehead atoms. The lowest BCUT2D eigenvalue weighted by Gasteiger charge is -2.03. The van der Waals surface area contributed by atoms with Gasteiger partial charge in [-0.3, -0.25) is 9.59 Å². The normalized spacial score (nSPS) is 10.8. The molecule has 23 heavy (non-hydrogen) atoms. The molecule has 0 aliphatic carbocycles. The molecule has 0 unspecified atom stereocenters. The third-order valence-corrected chi connectivity index (χ3v) is 8.01. The molecule has 0 aromatic carbocycles. The molecule has 0 aliphatic rings. The van der Waals surface area contributed by atoms with E-state index in [9.17, 15) is 9.59 Å². The van der Waals surface area contributed by atoms with Gasteiger partial charge >= 0.3 is 0 Å². The Bertz CT molecular complexity index is 707. The highest BCUT2D eigenvalue weighted by molar-refractivity contribution is 8.03. The van der Waals surface area contributed by atoms with Crippen molar-refractivity contribution in [3.8, 4) is 0 Å². The van der Waals surface area contributed by atoms with E-state index in [4.69, 9.17) is 0 Å². The van der Waals surface area contributed by atoms with Crippen molar-refractivity contribution in [3.05, 3.63) is 55.5 Å². The second-order valence-electron chi connectivity index (χ2n) is 4.48. The van der Waals surface area contributed by atoms with Crippen LogP contribution in [0.2, 0.25) is 0 Å². The maximum atomic E-state index is 12.1. The Hall–Kier alpha value is -0.860. The maximum absolute atomic E-state index is 12.1. The van der Waals surface area contributed by atoms with Crippen LogP contribution in [0.1, 0.15) is 19.3 Å². The molecule has 2 nitrogen and oxygen atoms in total. The van der Waals surface area contributed by atoms with E-state index in [0.29, 0.717) is 11.5 Å². The van der Waals surface area contributed by atoms with Gasteiger partial charge in [0.15, 0.2) is 11.6 Å². The summed E-state index contributed by atoms with van der Waals surface area (Å²) in [6, 6.07) is 7.50. The highest BCUT2D eigenvalue weighted by Crippen LogP contribution is 2.35. The lowest BCUT2D eigenvalue weighted by atomic mass is 10.4. The summed E-state index contributed by atoms with van der Waals surface area (Å²) in [4.78, 5) is 27.9. The van der Waals surface area contributed by atoms with Crippen LogP contribution < -0.4 is 0 Å². The molecule has 0 fully saturated rings. The number of hydrogen-bond donors (Lipinski definition) is 0. The van der Waals surface area contributed by atoms with Crippen LogP contribution in [0.15, 0.2) is 55.6 Å². The van der Waals surface area contributed by atoms with Crippen molar-refractivity contribution in [2.75, 3.05) is 11.5 Å². The van der Waals surface area contributed by atoms with Crippen LogP contribution >= 0.6 is 57.5 Å². The number of rotatable bonds is 8. The highest BCUT2D eigenvalue weighted by Gasteiger charge is 2.13. The van der Waals surface area contributed by atoms with Crippen molar-refractivity contribution in [1.29, 1.82) is 0 Å². The van der Waals surface area contributed by atoms with Gasteiger partial charge in [0.05, 0.1) is 21.3 Å². The molecule has 3 rings (SSSR count). The summed E-state index contributed by atoms with van der Waals surface area (Å²) in [6.45, 7) is 0. The predicted octanol–water partition coefficient (Wildman–Crippen LogP) is 5.82. The van der Waals surface area contributed by atoms with E-state index in [2.05, 4.69) is 0 Å². The van der Waals surface area contributed by atoms with E-state index in [0.717, 1.165) is 19.5 Å². The van der Waals surface area contributed by atoms with Crippen molar-refractivity contribution in [2.24, 2.45) is 0 Å². The second kappa shape index (κ2) is 8.30. The van der Waals surface area contributed by atoms with Crippen LogP contribution in [-0.2, 0) is 0 Å². The Balaban J connectivity index is 1.55. The van der Waals surface area contributed by atoms with E-state index in [1.54, 1.807) is 34.9 Å². The van der Waals surface area contributed by atoms with E-state index in [-0.39, 0.29) is 11.6 Å². The minimum absolute atomic E-state index is 0.154. The van der Waals surface area contributed by atoms with Crippen LogP contribution in [-0.4, -0.2) is 23.1 Å². The molecule has 7 heteroatoms. The molecule has 3 aromatic rings. The number of Topliss-reactive ketones (excluding diaryl/α,β-unsaturated/α-hetero) is 2. The average molecular weight is 397 g/mol. The molecular formula is C16H12O2S5. The quantitative estimate of drug-likeness (QED) is 0.355. The number of carbonyl (C=O) groups is 2. The Kier molecular flexibility index (Phi) is 6.13. The van der Waals surface area contributed by atoms with Crippen LogP contribution in [0.5, 0.6) is 0 Å². The van der Waals surface area contributed by atoms with Gasteiger partial charge in [0, 0.05) is 20.6 Å². The van der Waals surface area contributed by atoms with E-state index in [1.165, 1.54) is 22.7 Å². The molecule has 0 atom stereocenters. The average Bonchev–Trinajstić information content (AvgIpc) is 3.32. The molecule has 3 heterocycles. The summed E-state index contributed by atoms with van der Waals surface area (Å²) in [5.74, 6) is 1.18. The van der Waals surface area contributed by atoms with Crippen LogP contribution in [0.25, 0.3) is 0 Å². The van der Waals surface area contributed by atoms with Gasteiger partial charge < -0.3 is 0 Å². The van der Waals surface area contributed by atoms with Crippen molar-refractivity contribution in [3.63, 3.8) is 0 Å². The fourth-order valence-corrected chi connectivity index (χ4v) is 6.54. The number of thiophene rings is 3. The molecule has 0 N–H and O–H groups in total. The van der Waals surface area contributed by atoms with Crippen molar-refractivity contribution in [2.45, 2.75) is 9.79 Å². The lowest BCUT2D eigenvalue weighted by Crippen LogP contribution is -2.00. The van der Waals surface area contributed by atoms with E-state index < -0.39 is 0 Å². The Morgan fingerprint density at radius 1 is 0.826 bits per heavy atom. The zero-order valence-electron chi connectivity index (χ0n) is 11.9. The summed E-state index contributed by atoms with van der Waals surface area (Å²) < 4.78 is 0. The minimum atomic E-state index is 0.154. The molecule has 0 aliphatic heterocycles. The summed E-state index contributed by atoms with van der Waals surface area (Å²) in [7, 11) is 0. The lowest BCUT2D eigenvalue weighted by molar-refractivity contribution is 0.101. The summed E-state index contributed by atoms with van der Waals surface area (Å²) >= 11 is 7.65. The Labute approximate surface area is 154 Å². The summed E-state index contributed by atoms with van der Waals surface area (Å²) in [6.07, 6.45) is 0. The first-order valence-corrected chi connectivity index (χ1v) is 11.4. The topological polar surface area (TPSA) is 34.1 Å². The van der Waals surface area contributed by atoms with Gasteiger partial charge in [-0.15, -0.1) is 46.2 Å². The molecule has 3 aromatic heterocycles. The van der Waals surface area contributed by atoms with Gasteiger partial charge in [-0.2, -0.15) is 11.3 Å². The fraction of sp³-hybridized carbons (Fsp3) is 0.125. The zero-order chi connectivity index (χ0) is 16.1. The maximum Gasteiger partial charge on any atom is 0.182 e. The van der Waals surface area contributed by atoms with Crippen LogP contribution in [0, 0.1) is 0 Å². The largest absolute Gasteiger partial charge is 0.292 e. The van der Waals surface area contributed by atoms with Crippen LogP contribution in [0.3, 0.4) is 0 Å². The van der Waals surface area contributed by atoms with Crippen molar-refractivity contribution >= 4 is 69.1 Å². The number of ketones is 2. The van der Waals surface area contributed by atoms with Gasteiger partial charge in [-0.05, 0) is 22.9 Å². The van der Waals surface area contributed by atoms with Gasteiger partial charge in [0.1, 0.15) is 0 Å². The first-order valence-electron chi connectivity index (χ1n) is 6.69. The minimum Gasteiger partial charge on any atom is -0.292 e. The van der Waals surface area contributed by atoms with E-state index >= 15 is 0 Å². The van der Waals surface area contributed by atoms with E-state index in [1.807, 2.05) is 45.8 Å². The van der Waals surface area contributed by atoms with Gasteiger partial charge in [-0.1, -0.05) is 12.1 Å². The standard InChI is InChI=1S/C16H12O2S5/c17-11(13-3-1-5-20-13)7-22-15-9-19-10-16(15)23-8-12(18)14-4-2-6-21-14/h1-6,9-10H,7-8H2. The molecule has 0 saturated carbocycles. The predicted molar refractivity (Wildman–Crippen MR) is 103 cm³/mol. The van der Waals surface area contributed by atoms with Gasteiger partial charge in [0.25, 0.3) is 0 Å². The smallest absolute Gasteiger partial charge is 0.182 e. The summed E-state index contributed by atoms with van der Waals surface area (Å²) in [5.41, 5.74) is 0. The monoisotopic (exact) mass is 396 g/mol. The SMILES string of the molecule is O=C(CSc1cscc1SCC(=O)c1cccs1)c1cccs1. The number of hydrogen-bond acceptors (Lipinski definition) is 7. The number of thioether (sulfide) groups is 2. The Morgan fingerprint density at radius 2 is 1.30 bits per heavy atom. The molecule has 0 spiro atoms. The Morgan fingerprint density at radius 3 is 1.70 bits per heavy atom. The molecular weight excluding hydrogens is 385 g/mol. The van der Waals surface area contributed by atoms with Crippen molar-refractivity contribution < 1.29 is 9.59 Å². The zero-order valence-corrected chi connectivity index (χ0v) is 16.0. The van der Waals surface area contributed by atoms with Crippen LogP contribution in [0.4, 0.5) is 0 Å². The number of carbonyl (C=O) groups excluding carboxylic acids is 2. The molecule has 0 amide bonds. The van der Waals surface area contributed by atoms with Crippen molar-refractivity contribution in [1.82, 2.24) is 0 Å². The highest BCUT2D eigenvalue weighted by atomic mass is 32.2. The van der Waals surface area contributed by atoms with Gasteiger partial charge in [-0.25, -0.2) is 0 Å². The molecule has 0 radical (unpaired) electrons. The third kappa shape index (κ3) is 4.58. The van der Waals surface area contributed by atoms with Gasteiger partial charge in [0.2, 0.25) is 0 Å². The molecule has 0 saturated heterocycles. The fourth-order valence-electron chi connectivity index (χ4n) is 1.79. The first-order chi connectivity index (χ1) is 11.2. The summed E-state index contributed by atoms with van der Waals surface area (Å²) in [5, 5.41) is 7.93. The third-order valence-electron chi connectivity index (χ3n) is 2.90. The molecule has 118 valence electrons.